The van der Waals surface area contributed by atoms with Crippen LogP contribution < -0.4 is 16.6 Å². The minimum absolute atomic E-state index is 0.0830. The number of hydrogen-bond acceptors (Lipinski definition) is 4. The molecule has 6 nitrogen and oxygen atoms in total. The zero-order valence-corrected chi connectivity index (χ0v) is 12.9. The Kier molecular flexibility index (Phi) is 3.80. The first-order valence-corrected chi connectivity index (χ1v) is 6.99. The van der Waals surface area contributed by atoms with Crippen LogP contribution in [0.3, 0.4) is 0 Å². The van der Waals surface area contributed by atoms with Gasteiger partial charge >= 0.3 is 6.18 Å². The summed E-state index contributed by atoms with van der Waals surface area (Å²) in [6.07, 6.45) is -5.24. The van der Waals surface area contributed by atoms with E-state index >= 15 is 0 Å². The van der Waals surface area contributed by atoms with E-state index in [4.69, 9.17) is 17.3 Å². The smallest absolute Gasteiger partial charge is 0.384 e. The van der Waals surface area contributed by atoms with Crippen molar-refractivity contribution in [1.29, 1.82) is 0 Å². The lowest BCUT2D eigenvalue weighted by Crippen LogP contribution is -2.26. The quantitative estimate of drug-likeness (QED) is 0.441. The number of nitrogens with one attached hydrogen (secondary N) is 1. The summed E-state index contributed by atoms with van der Waals surface area (Å²) in [5.41, 5.74) is 0.397. The molecule has 0 bridgehead atoms. The van der Waals surface area contributed by atoms with Crippen molar-refractivity contribution in [1.82, 2.24) is 9.88 Å². The number of nitrogens with two attached hydrogens (primary N) is 1. The fourth-order valence-corrected chi connectivity index (χ4v) is 2.78. The number of carbonyl (C=O) groups excluding carboxylic acids is 2. The second-order valence-electron chi connectivity index (χ2n) is 5.16. The van der Waals surface area contributed by atoms with Crippen molar-refractivity contribution in [2.75, 3.05) is 5.73 Å². The third-order valence-electron chi connectivity index (χ3n) is 3.62. The number of aromatic nitrogens is 1. The molecule has 1 aromatic heterocycles. The summed E-state index contributed by atoms with van der Waals surface area (Å²) < 4.78 is 66.5. The Morgan fingerprint density at radius 1 is 1.04 bits per heavy atom. The molecule has 136 valence electrons. The molecule has 2 heterocycles. The predicted molar refractivity (Wildman–Crippen MR) is 78.2 cm³/mol. The Morgan fingerprint density at radius 3 is 2.23 bits per heavy atom. The standard InChI is InChI=1S/C14H5ClF5N3O3/c15-5-2-4(14(18,19)20)8(16)9(17)10(5)23-6(24)1-3-7(11(23)21)13(26)22-12(3)25/h1-2H,21H2,(H,22,25,26). The number of hydrogen-bond donors (Lipinski definition) is 2. The Labute approximate surface area is 145 Å². The van der Waals surface area contributed by atoms with Crippen molar-refractivity contribution in [3.63, 3.8) is 0 Å². The zero-order valence-electron chi connectivity index (χ0n) is 12.2. The molecule has 1 aliphatic rings. The largest absolute Gasteiger partial charge is 0.419 e. The third kappa shape index (κ3) is 2.43. The number of imide groups is 1. The zero-order chi connectivity index (χ0) is 19.5. The van der Waals surface area contributed by atoms with Crippen LogP contribution >= 0.6 is 11.6 Å². The van der Waals surface area contributed by atoms with Gasteiger partial charge in [0.1, 0.15) is 11.5 Å². The maximum Gasteiger partial charge on any atom is 0.419 e. The van der Waals surface area contributed by atoms with E-state index < -0.39 is 68.4 Å². The lowest BCUT2D eigenvalue weighted by atomic mass is 10.1. The summed E-state index contributed by atoms with van der Waals surface area (Å²) >= 11 is 5.62. The highest BCUT2D eigenvalue weighted by atomic mass is 35.5. The van der Waals surface area contributed by atoms with Crippen LogP contribution in [0.2, 0.25) is 5.02 Å². The van der Waals surface area contributed by atoms with Gasteiger partial charge in [0.25, 0.3) is 17.4 Å². The van der Waals surface area contributed by atoms with E-state index in [0.717, 1.165) is 0 Å². The molecule has 3 rings (SSSR count). The number of alkyl halides is 3. The number of pyridine rings is 1. The molecule has 0 aliphatic carbocycles. The molecule has 3 N–H and O–H groups in total. The van der Waals surface area contributed by atoms with Gasteiger partial charge in [-0.3, -0.25) is 24.3 Å². The van der Waals surface area contributed by atoms with Crippen LogP contribution in [-0.2, 0) is 6.18 Å². The molecule has 0 spiro atoms. The van der Waals surface area contributed by atoms with Crippen molar-refractivity contribution in [2.45, 2.75) is 6.18 Å². The van der Waals surface area contributed by atoms with E-state index in [2.05, 4.69) is 0 Å². The highest BCUT2D eigenvalue weighted by Gasteiger charge is 2.38. The maximum absolute atomic E-state index is 14.3. The van der Waals surface area contributed by atoms with Crippen LogP contribution in [0.15, 0.2) is 16.9 Å². The Bertz CT molecular complexity index is 1060. The van der Waals surface area contributed by atoms with Gasteiger partial charge in [-0.2, -0.15) is 13.2 Å². The van der Waals surface area contributed by atoms with E-state index in [-0.39, 0.29) is 10.6 Å². The van der Waals surface area contributed by atoms with E-state index in [0.29, 0.717) is 6.07 Å². The number of anilines is 1. The van der Waals surface area contributed by atoms with Crippen LogP contribution in [0.5, 0.6) is 0 Å². The fourth-order valence-electron chi connectivity index (χ4n) is 2.51. The molecule has 26 heavy (non-hydrogen) atoms. The Balaban J connectivity index is 2.39. The van der Waals surface area contributed by atoms with Crippen molar-refractivity contribution >= 4 is 29.2 Å². The fraction of sp³-hybridized carbons (Fsp3) is 0.0714. The summed E-state index contributed by atoms with van der Waals surface area (Å²) in [6, 6.07) is 0.691. The van der Waals surface area contributed by atoms with E-state index in [1.165, 1.54) is 0 Å². The number of amides is 2. The molecule has 0 saturated carbocycles. The van der Waals surface area contributed by atoms with Crippen LogP contribution in [0, 0.1) is 11.6 Å². The van der Waals surface area contributed by atoms with Crippen LogP contribution in [-0.4, -0.2) is 16.4 Å². The first kappa shape index (κ1) is 17.9. The molecule has 12 heteroatoms. The van der Waals surface area contributed by atoms with Crippen molar-refractivity contribution in [3.05, 3.63) is 55.8 Å². The normalized spacial score (nSPS) is 13.8. The molecule has 2 aromatic rings. The van der Waals surface area contributed by atoms with Crippen LogP contribution in [0.4, 0.5) is 27.8 Å². The number of rotatable bonds is 1. The molecule has 0 atom stereocenters. The van der Waals surface area contributed by atoms with Gasteiger partial charge in [-0.1, -0.05) is 11.6 Å². The molecule has 0 fully saturated rings. The topological polar surface area (TPSA) is 94.2 Å². The number of benzene rings is 1. The minimum Gasteiger partial charge on any atom is -0.384 e. The molecular formula is C14H5ClF5N3O3. The summed E-state index contributed by atoms with van der Waals surface area (Å²) in [5, 5.41) is 0.862. The summed E-state index contributed by atoms with van der Waals surface area (Å²) in [6.45, 7) is 0. The monoisotopic (exact) mass is 393 g/mol. The van der Waals surface area contributed by atoms with Gasteiger partial charge in [0, 0.05) is 6.07 Å². The number of nitrogens with zero attached hydrogens (tertiary/aromatic N) is 1. The van der Waals surface area contributed by atoms with E-state index in [1.807, 2.05) is 5.32 Å². The number of nitrogen functional groups attached to an aromatic ring is 1. The van der Waals surface area contributed by atoms with Gasteiger partial charge < -0.3 is 5.73 Å². The number of halogens is 6. The molecular weight excluding hydrogens is 389 g/mol. The highest BCUT2D eigenvalue weighted by molar-refractivity contribution is 6.32. The van der Waals surface area contributed by atoms with Gasteiger partial charge in [-0.25, -0.2) is 8.78 Å². The average molecular weight is 394 g/mol. The average Bonchev–Trinajstić information content (AvgIpc) is 2.79. The van der Waals surface area contributed by atoms with Crippen LogP contribution in [0.25, 0.3) is 5.69 Å². The molecule has 0 radical (unpaired) electrons. The predicted octanol–water partition coefficient (Wildman–Crippen LogP) is 2.25. The maximum atomic E-state index is 14.3. The van der Waals surface area contributed by atoms with Crippen LogP contribution in [0.1, 0.15) is 26.3 Å². The van der Waals surface area contributed by atoms with Crippen molar-refractivity contribution in [2.24, 2.45) is 0 Å². The van der Waals surface area contributed by atoms with Gasteiger partial charge in [0.2, 0.25) is 0 Å². The number of fused-ring (bicyclic) bond motifs is 1. The second-order valence-corrected chi connectivity index (χ2v) is 5.56. The first-order valence-electron chi connectivity index (χ1n) is 6.61. The van der Waals surface area contributed by atoms with Crippen molar-refractivity contribution in [3.8, 4) is 5.69 Å². The van der Waals surface area contributed by atoms with E-state index in [9.17, 15) is 36.3 Å². The molecule has 0 unspecified atom stereocenters. The minimum atomic E-state index is -5.24. The van der Waals surface area contributed by atoms with E-state index in [1.54, 1.807) is 0 Å². The highest BCUT2D eigenvalue weighted by Crippen LogP contribution is 2.38. The van der Waals surface area contributed by atoms with Crippen molar-refractivity contribution < 1.29 is 31.5 Å². The summed E-state index contributed by atoms with van der Waals surface area (Å²) in [5.74, 6) is -7.13. The second kappa shape index (κ2) is 5.53. The SMILES string of the molecule is Nc1c2c(cc(=O)n1-c1c(Cl)cc(C(F)(F)F)c(F)c1F)C(=O)NC2=O. The first-order chi connectivity index (χ1) is 11.9. The van der Waals surface area contributed by atoms with Gasteiger partial charge in [-0.15, -0.1) is 0 Å². The third-order valence-corrected chi connectivity index (χ3v) is 3.90. The lowest BCUT2D eigenvalue weighted by Gasteiger charge is -2.17. The molecule has 1 aromatic carbocycles. The molecule has 2 amide bonds. The molecule has 0 saturated heterocycles. The number of carbonyl (C=O) groups is 2. The van der Waals surface area contributed by atoms with Gasteiger partial charge in [0.05, 0.1) is 21.7 Å². The van der Waals surface area contributed by atoms with Gasteiger partial charge in [-0.05, 0) is 6.07 Å². The Hall–Kier alpha value is -2.95. The Morgan fingerprint density at radius 2 is 1.65 bits per heavy atom. The summed E-state index contributed by atoms with van der Waals surface area (Å²) in [7, 11) is 0. The lowest BCUT2D eigenvalue weighted by molar-refractivity contribution is -0.140. The summed E-state index contributed by atoms with van der Waals surface area (Å²) in [4.78, 5) is 35.5. The molecule has 1 aliphatic heterocycles. The van der Waals surface area contributed by atoms with Gasteiger partial charge in [0.15, 0.2) is 11.6 Å².